The van der Waals surface area contributed by atoms with Crippen molar-refractivity contribution in [2.24, 2.45) is 0 Å². The van der Waals surface area contributed by atoms with Gasteiger partial charge in [0.2, 0.25) is 0 Å². The molecular formula is C14H18N2O3. The third-order valence-electron chi connectivity index (χ3n) is 3.31. The molecule has 1 fully saturated rings. The van der Waals surface area contributed by atoms with Gasteiger partial charge in [0.05, 0.1) is 0 Å². The summed E-state index contributed by atoms with van der Waals surface area (Å²) < 4.78 is 0. The summed E-state index contributed by atoms with van der Waals surface area (Å²) in [6, 6.07) is 7.56. The van der Waals surface area contributed by atoms with Crippen molar-refractivity contribution < 1.29 is 14.7 Å². The van der Waals surface area contributed by atoms with Crippen LogP contribution in [0, 0.1) is 0 Å². The lowest BCUT2D eigenvalue weighted by Crippen LogP contribution is -2.53. The molecule has 1 N–H and O–H groups in total. The molecular weight excluding hydrogens is 244 g/mol. The molecule has 102 valence electrons. The first kappa shape index (κ1) is 13.5. The van der Waals surface area contributed by atoms with Crippen molar-refractivity contribution in [2.45, 2.75) is 12.8 Å². The molecule has 19 heavy (non-hydrogen) atoms. The fourth-order valence-corrected chi connectivity index (χ4v) is 2.10. The largest absolute Gasteiger partial charge is 0.396 e. The van der Waals surface area contributed by atoms with E-state index in [1.165, 1.54) is 9.80 Å². The highest BCUT2D eigenvalue weighted by Crippen LogP contribution is 2.18. The van der Waals surface area contributed by atoms with Crippen molar-refractivity contribution >= 4 is 17.5 Å². The molecule has 5 nitrogen and oxygen atoms in total. The van der Waals surface area contributed by atoms with Crippen molar-refractivity contribution in [3.63, 3.8) is 0 Å². The van der Waals surface area contributed by atoms with E-state index in [4.69, 9.17) is 5.11 Å². The van der Waals surface area contributed by atoms with Gasteiger partial charge in [0, 0.05) is 32.4 Å². The molecule has 1 aliphatic heterocycles. The summed E-state index contributed by atoms with van der Waals surface area (Å²) in [5, 5.41) is 8.78. The highest BCUT2D eigenvalue weighted by molar-refractivity contribution is 6.40. The van der Waals surface area contributed by atoms with Gasteiger partial charge in [-0.1, -0.05) is 12.1 Å². The number of amides is 2. The Balaban J connectivity index is 2.09. The van der Waals surface area contributed by atoms with Gasteiger partial charge in [0.25, 0.3) is 0 Å². The highest BCUT2D eigenvalue weighted by Gasteiger charge is 2.30. The van der Waals surface area contributed by atoms with Gasteiger partial charge in [-0.05, 0) is 30.5 Å². The molecule has 0 atom stereocenters. The average molecular weight is 262 g/mol. The molecule has 0 aromatic heterocycles. The first-order valence-corrected chi connectivity index (χ1v) is 6.40. The van der Waals surface area contributed by atoms with Crippen LogP contribution in [0.25, 0.3) is 0 Å². The molecule has 1 aromatic rings. The number of aliphatic hydroxyl groups is 1. The third kappa shape index (κ3) is 2.93. The summed E-state index contributed by atoms with van der Waals surface area (Å²) in [5.41, 5.74) is 1.87. The number of hydrogen-bond acceptors (Lipinski definition) is 3. The van der Waals surface area contributed by atoms with Gasteiger partial charge in [0.1, 0.15) is 0 Å². The maximum Gasteiger partial charge on any atom is 0.316 e. The maximum atomic E-state index is 11.9. The minimum atomic E-state index is -0.475. The second-order valence-corrected chi connectivity index (χ2v) is 4.68. The summed E-state index contributed by atoms with van der Waals surface area (Å²) >= 11 is 0. The van der Waals surface area contributed by atoms with Gasteiger partial charge in [0.15, 0.2) is 0 Å². The van der Waals surface area contributed by atoms with E-state index in [1.54, 1.807) is 7.05 Å². The van der Waals surface area contributed by atoms with Crippen LogP contribution in [-0.2, 0) is 16.0 Å². The molecule has 2 rings (SSSR count). The summed E-state index contributed by atoms with van der Waals surface area (Å²) in [6.45, 7) is 1.25. The molecule has 2 amide bonds. The SMILES string of the molecule is CN1CCN(c2ccc(CCCO)cc2)C(=O)C1=O. The molecule has 1 heterocycles. The monoisotopic (exact) mass is 262 g/mol. The molecule has 1 saturated heterocycles. The van der Waals surface area contributed by atoms with Crippen molar-refractivity contribution in [3.8, 4) is 0 Å². The Morgan fingerprint density at radius 2 is 1.79 bits per heavy atom. The highest BCUT2D eigenvalue weighted by atomic mass is 16.3. The van der Waals surface area contributed by atoms with Gasteiger partial charge < -0.3 is 14.9 Å². The van der Waals surface area contributed by atoms with E-state index in [1.807, 2.05) is 24.3 Å². The second kappa shape index (κ2) is 5.84. The lowest BCUT2D eigenvalue weighted by molar-refractivity contribution is -0.145. The minimum Gasteiger partial charge on any atom is -0.396 e. The van der Waals surface area contributed by atoms with E-state index in [0.717, 1.165) is 24.1 Å². The Bertz CT molecular complexity index is 470. The lowest BCUT2D eigenvalue weighted by atomic mass is 10.1. The summed E-state index contributed by atoms with van der Waals surface area (Å²) in [5.74, 6) is -0.938. The summed E-state index contributed by atoms with van der Waals surface area (Å²) in [4.78, 5) is 26.5. The van der Waals surface area contributed by atoms with Crippen LogP contribution in [0.4, 0.5) is 5.69 Å². The summed E-state index contributed by atoms with van der Waals surface area (Å²) in [6.07, 6.45) is 1.54. The number of benzene rings is 1. The number of carbonyl (C=O) groups excluding carboxylic acids is 2. The minimum absolute atomic E-state index is 0.174. The van der Waals surface area contributed by atoms with E-state index in [0.29, 0.717) is 13.1 Å². The van der Waals surface area contributed by atoms with E-state index >= 15 is 0 Å². The van der Waals surface area contributed by atoms with E-state index < -0.39 is 11.8 Å². The van der Waals surface area contributed by atoms with Crippen LogP contribution < -0.4 is 4.90 Å². The van der Waals surface area contributed by atoms with Crippen LogP contribution in [0.15, 0.2) is 24.3 Å². The zero-order chi connectivity index (χ0) is 13.8. The quantitative estimate of drug-likeness (QED) is 0.800. The van der Waals surface area contributed by atoms with Crippen LogP contribution in [0.1, 0.15) is 12.0 Å². The fourth-order valence-electron chi connectivity index (χ4n) is 2.10. The van der Waals surface area contributed by atoms with Crippen molar-refractivity contribution in [3.05, 3.63) is 29.8 Å². The van der Waals surface area contributed by atoms with Crippen LogP contribution in [-0.4, -0.2) is 48.6 Å². The Kier molecular flexibility index (Phi) is 4.16. The van der Waals surface area contributed by atoms with Gasteiger partial charge in [-0.3, -0.25) is 9.59 Å². The number of anilines is 1. The zero-order valence-electron chi connectivity index (χ0n) is 11.0. The van der Waals surface area contributed by atoms with Crippen LogP contribution >= 0.6 is 0 Å². The second-order valence-electron chi connectivity index (χ2n) is 4.68. The average Bonchev–Trinajstić information content (AvgIpc) is 2.44. The predicted molar refractivity (Wildman–Crippen MR) is 71.8 cm³/mol. The third-order valence-corrected chi connectivity index (χ3v) is 3.31. The van der Waals surface area contributed by atoms with Gasteiger partial charge in [-0.15, -0.1) is 0 Å². The first-order valence-electron chi connectivity index (χ1n) is 6.40. The van der Waals surface area contributed by atoms with Gasteiger partial charge in [-0.2, -0.15) is 0 Å². The Hall–Kier alpha value is -1.88. The normalized spacial score (nSPS) is 16.1. The van der Waals surface area contributed by atoms with Crippen molar-refractivity contribution in [1.82, 2.24) is 4.90 Å². The van der Waals surface area contributed by atoms with Crippen LogP contribution in [0.2, 0.25) is 0 Å². The smallest absolute Gasteiger partial charge is 0.316 e. The number of carbonyl (C=O) groups is 2. The van der Waals surface area contributed by atoms with Gasteiger partial charge in [-0.25, -0.2) is 0 Å². The number of aryl methyl sites for hydroxylation is 1. The lowest BCUT2D eigenvalue weighted by Gasteiger charge is -2.31. The maximum absolute atomic E-state index is 11.9. The number of piperazine rings is 1. The van der Waals surface area contributed by atoms with Crippen LogP contribution in [0.3, 0.4) is 0 Å². The summed E-state index contributed by atoms with van der Waals surface area (Å²) in [7, 11) is 1.63. The molecule has 0 aliphatic carbocycles. The number of rotatable bonds is 4. The van der Waals surface area contributed by atoms with E-state index in [2.05, 4.69) is 0 Å². The van der Waals surface area contributed by atoms with Crippen LogP contribution in [0.5, 0.6) is 0 Å². The molecule has 0 unspecified atom stereocenters. The van der Waals surface area contributed by atoms with E-state index in [9.17, 15) is 9.59 Å². The standard InChI is InChI=1S/C14H18N2O3/c1-15-8-9-16(14(19)13(15)18)12-6-4-11(5-7-12)3-2-10-17/h4-7,17H,2-3,8-10H2,1H3. The van der Waals surface area contributed by atoms with Crippen molar-refractivity contribution in [1.29, 1.82) is 0 Å². The molecule has 1 aliphatic rings. The molecule has 0 spiro atoms. The Morgan fingerprint density at radius 3 is 2.42 bits per heavy atom. The molecule has 1 aromatic carbocycles. The Morgan fingerprint density at radius 1 is 1.11 bits per heavy atom. The molecule has 0 saturated carbocycles. The Labute approximate surface area is 112 Å². The zero-order valence-corrected chi connectivity index (χ0v) is 11.0. The fraction of sp³-hybridized carbons (Fsp3) is 0.429. The first-order chi connectivity index (χ1) is 9.13. The number of nitrogens with zero attached hydrogens (tertiary/aromatic N) is 2. The van der Waals surface area contributed by atoms with Crippen molar-refractivity contribution in [2.75, 3.05) is 31.6 Å². The number of likely N-dealkylation sites (N-methyl/N-ethyl adjacent to an activating group) is 1. The topological polar surface area (TPSA) is 60.9 Å². The van der Waals surface area contributed by atoms with E-state index in [-0.39, 0.29) is 6.61 Å². The number of aliphatic hydroxyl groups excluding tert-OH is 1. The molecule has 0 bridgehead atoms. The molecule has 5 heteroatoms. The predicted octanol–water partition coefficient (Wildman–Crippen LogP) is 0.416. The molecule has 0 radical (unpaired) electrons. The van der Waals surface area contributed by atoms with Gasteiger partial charge >= 0.3 is 11.8 Å². The number of hydrogen-bond donors (Lipinski definition) is 1.